The van der Waals surface area contributed by atoms with E-state index in [1.165, 1.54) is 0 Å². The van der Waals surface area contributed by atoms with Gasteiger partial charge in [0.05, 0.1) is 0 Å². The molecule has 0 saturated carbocycles. The van der Waals surface area contributed by atoms with Gasteiger partial charge in [-0.05, 0) is 25.1 Å². The Kier molecular flexibility index (Phi) is 2.82. The van der Waals surface area contributed by atoms with E-state index in [9.17, 15) is 4.79 Å². The summed E-state index contributed by atoms with van der Waals surface area (Å²) in [7, 11) is 0. The summed E-state index contributed by atoms with van der Waals surface area (Å²) >= 11 is 0. The van der Waals surface area contributed by atoms with Crippen molar-refractivity contribution in [3.8, 4) is 0 Å². The molecule has 5 N–H and O–H groups in total. The first-order valence-electron chi connectivity index (χ1n) is 5.27. The second-order valence-electron chi connectivity index (χ2n) is 3.89. The standard InChI is InChI=1S/C12H14N4O/c1-7(12(14)17)16-11-3-2-10(13)8-4-5-15-6-9(8)11/h2-7,16H,13H2,1H3,(H2,14,17). The van der Waals surface area contributed by atoms with E-state index in [1.54, 1.807) is 25.4 Å². The average Bonchev–Trinajstić information content (AvgIpc) is 2.33. The number of nitrogens with two attached hydrogens (primary N) is 2. The van der Waals surface area contributed by atoms with E-state index < -0.39 is 11.9 Å². The average molecular weight is 230 g/mol. The lowest BCUT2D eigenvalue weighted by Crippen LogP contribution is -2.32. The summed E-state index contributed by atoms with van der Waals surface area (Å²) in [6, 6.07) is 5.00. The molecule has 5 heteroatoms. The van der Waals surface area contributed by atoms with E-state index >= 15 is 0 Å². The number of nitrogens with one attached hydrogen (secondary N) is 1. The fraction of sp³-hybridized carbons (Fsp3) is 0.167. The molecule has 1 atom stereocenters. The predicted molar refractivity (Wildman–Crippen MR) is 68.4 cm³/mol. The van der Waals surface area contributed by atoms with E-state index in [2.05, 4.69) is 10.3 Å². The smallest absolute Gasteiger partial charge is 0.239 e. The van der Waals surface area contributed by atoms with Crippen LogP contribution in [0.4, 0.5) is 11.4 Å². The van der Waals surface area contributed by atoms with Crippen molar-refractivity contribution < 1.29 is 4.79 Å². The van der Waals surface area contributed by atoms with Crippen molar-refractivity contribution in [1.82, 2.24) is 4.98 Å². The summed E-state index contributed by atoms with van der Waals surface area (Å²) in [5, 5.41) is 4.82. The number of carbonyl (C=O) groups is 1. The van der Waals surface area contributed by atoms with Gasteiger partial charge >= 0.3 is 0 Å². The maximum atomic E-state index is 11.0. The minimum atomic E-state index is -0.443. The zero-order chi connectivity index (χ0) is 12.4. The fourth-order valence-electron chi connectivity index (χ4n) is 1.64. The third-order valence-corrected chi connectivity index (χ3v) is 2.65. The largest absolute Gasteiger partial charge is 0.398 e. The Balaban J connectivity index is 2.48. The van der Waals surface area contributed by atoms with Gasteiger partial charge in [0.1, 0.15) is 6.04 Å². The van der Waals surface area contributed by atoms with Crippen molar-refractivity contribution in [3.05, 3.63) is 30.6 Å². The van der Waals surface area contributed by atoms with Crippen LogP contribution in [-0.4, -0.2) is 16.9 Å². The van der Waals surface area contributed by atoms with Crippen molar-refractivity contribution in [2.24, 2.45) is 5.73 Å². The normalized spacial score (nSPS) is 12.3. The van der Waals surface area contributed by atoms with Crippen LogP contribution in [0, 0.1) is 0 Å². The molecule has 17 heavy (non-hydrogen) atoms. The number of fused-ring (bicyclic) bond motifs is 1. The highest BCUT2D eigenvalue weighted by Crippen LogP contribution is 2.27. The zero-order valence-electron chi connectivity index (χ0n) is 9.47. The summed E-state index contributed by atoms with van der Waals surface area (Å²) in [4.78, 5) is 15.1. The molecule has 1 aromatic carbocycles. The number of nitrogens with zero attached hydrogens (tertiary/aromatic N) is 1. The number of aromatic nitrogens is 1. The molecule has 1 aromatic heterocycles. The highest BCUT2D eigenvalue weighted by molar-refractivity contribution is 6.01. The third kappa shape index (κ3) is 2.13. The minimum Gasteiger partial charge on any atom is -0.398 e. The van der Waals surface area contributed by atoms with E-state index in [0.29, 0.717) is 5.69 Å². The quantitative estimate of drug-likeness (QED) is 0.688. The van der Waals surface area contributed by atoms with Crippen LogP contribution in [-0.2, 0) is 4.79 Å². The van der Waals surface area contributed by atoms with Crippen molar-refractivity contribution in [2.75, 3.05) is 11.1 Å². The highest BCUT2D eigenvalue weighted by atomic mass is 16.1. The molecule has 0 aliphatic heterocycles. The van der Waals surface area contributed by atoms with Gasteiger partial charge in [-0.15, -0.1) is 0 Å². The molecule has 88 valence electrons. The van der Waals surface area contributed by atoms with Crippen LogP contribution in [0.1, 0.15) is 6.92 Å². The highest BCUT2D eigenvalue weighted by Gasteiger charge is 2.10. The molecule has 0 aliphatic rings. The zero-order valence-corrected chi connectivity index (χ0v) is 9.47. The number of primary amides is 1. The Morgan fingerprint density at radius 3 is 2.82 bits per heavy atom. The molecule has 0 bridgehead atoms. The lowest BCUT2D eigenvalue weighted by molar-refractivity contribution is -0.118. The predicted octanol–water partition coefficient (Wildman–Crippen LogP) is 1.10. The first-order chi connectivity index (χ1) is 8.09. The number of hydrogen-bond acceptors (Lipinski definition) is 4. The SMILES string of the molecule is CC(Nc1ccc(N)c2ccncc12)C(N)=O. The Labute approximate surface area is 98.8 Å². The topological polar surface area (TPSA) is 94.0 Å². The maximum absolute atomic E-state index is 11.0. The Morgan fingerprint density at radius 1 is 1.35 bits per heavy atom. The third-order valence-electron chi connectivity index (χ3n) is 2.65. The van der Waals surface area contributed by atoms with Crippen molar-refractivity contribution in [2.45, 2.75) is 13.0 Å². The van der Waals surface area contributed by atoms with Crippen LogP contribution in [0.5, 0.6) is 0 Å². The maximum Gasteiger partial charge on any atom is 0.239 e. The molecule has 0 aliphatic carbocycles. The van der Waals surface area contributed by atoms with E-state index in [0.717, 1.165) is 16.5 Å². The van der Waals surface area contributed by atoms with Crippen LogP contribution >= 0.6 is 0 Å². The number of nitrogen functional groups attached to an aromatic ring is 1. The molecule has 2 aromatic rings. The van der Waals surface area contributed by atoms with Gasteiger partial charge in [-0.1, -0.05) is 0 Å². The van der Waals surface area contributed by atoms with Gasteiger partial charge in [-0.3, -0.25) is 9.78 Å². The molecule has 0 radical (unpaired) electrons. The molecule has 0 saturated heterocycles. The fourth-order valence-corrected chi connectivity index (χ4v) is 1.64. The Morgan fingerprint density at radius 2 is 2.12 bits per heavy atom. The molecule has 5 nitrogen and oxygen atoms in total. The number of amides is 1. The summed E-state index contributed by atoms with van der Waals surface area (Å²) in [5.74, 6) is -0.404. The van der Waals surface area contributed by atoms with Crippen molar-refractivity contribution >= 4 is 28.1 Å². The number of carbonyl (C=O) groups excluding carboxylic acids is 1. The van der Waals surface area contributed by atoms with Crippen LogP contribution in [0.3, 0.4) is 0 Å². The number of benzene rings is 1. The van der Waals surface area contributed by atoms with Crippen LogP contribution in [0.25, 0.3) is 10.8 Å². The van der Waals surface area contributed by atoms with Gasteiger partial charge < -0.3 is 16.8 Å². The Bertz CT molecular complexity index is 567. The van der Waals surface area contributed by atoms with E-state index in [1.807, 2.05) is 12.1 Å². The second-order valence-corrected chi connectivity index (χ2v) is 3.89. The van der Waals surface area contributed by atoms with Gasteiger partial charge in [-0.2, -0.15) is 0 Å². The number of hydrogen-bond donors (Lipinski definition) is 3. The van der Waals surface area contributed by atoms with Gasteiger partial charge in [0.2, 0.25) is 5.91 Å². The summed E-state index contributed by atoms with van der Waals surface area (Å²) in [6.07, 6.45) is 3.39. The number of pyridine rings is 1. The van der Waals surface area contributed by atoms with Crippen LogP contribution < -0.4 is 16.8 Å². The van der Waals surface area contributed by atoms with Gasteiger partial charge in [0.15, 0.2) is 0 Å². The molecular formula is C12H14N4O. The lowest BCUT2D eigenvalue weighted by atomic mass is 10.1. The molecule has 1 amide bonds. The first kappa shape index (κ1) is 11.2. The summed E-state index contributed by atoms with van der Waals surface area (Å²) in [5.41, 5.74) is 12.6. The van der Waals surface area contributed by atoms with Gasteiger partial charge in [0, 0.05) is 34.5 Å². The summed E-state index contributed by atoms with van der Waals surface area (Å²) in [6.45, 7) is 1.71. The number of anilines is 2. The van der Waals surface area contributed by atoms with E-state index in [-0.39, 0.29) is 0 Å². The van der Waals surface area contributed by atoms with E-state index in [4.69, 9.17) is 11.5 Å². The summed E-state index contributed by atoms with van der Waals surface area (Å²) < 4.78 is 0. The van der Waals surface area contributed by atoms with Gasteiger partial charge in [0.25, 0.3) is 0 Å². The molecule has 1 unspecified atom stereocenters. The molecule has 0 spiro atoms. The number of rotatable bonds is 3. The van der Waals surface area contributed by atoms with Gasteiger partial charge in [-0.25, -0.2) is 0 Å². The minimum absolute atomic E-state index is 0.404. The van der Waals surface area contributed by atoms with Crippen LogP contribution in [0.15, 0.2) is 30.6 Å². The molecule has 1 heterocycles. The molecular weight excluding hydrogens is 216 g/mol. The lowest BCUT2D eigenvalue weighted by Gasteiger charge is -2.14. The monoisotopic (exact) mass is 230 g/mol. The second kappa shape index (κ2) is 4.29. The Hall–Kier alpha value is -2.30. The van der Waals surface area contributed by atoms with Crippen LogP contribution in [0.2, 0.25) is 0 Å². The van der Waals surface area contributed by atoms with Crippen molar-refractivity contribution in [3.63, 3.8) is 0 Å². The molecule has 0 fully saturated rings. The molecule has 2 rings (SSSR count). The van der Waals surface area contributed by atoms with Crippen molar-refractivity contribution in [1.29, 1.82) is 0 Å². The first-order valence-corrected chi connectivity index (χ1v) is 5.27.